The third-order valence-electron chi connectivity index (χ3n) is 6.24. The minimum atomic E-state index is -0.491. The quantitative estimate of drug-likeness (QED) is 0.251. The number of aryl methyl sites for hydroxylation is 2. The molecule has 0 saturated carbocycles. The maximum Gasteiger partial charge on any atom is 0.270 e. The van der Waals surface area contributed by atoms with E-state index in [0.717, 1.165) is 39.0 Å². The smallest absolute Gasteiger partial charge is 0.270 e. The van der Waals surface area contributed by atoms with Gasteiger partial charge in [0, 0.05) is 16.8 Å². The van der Waals surface area contributed by atoms with E-state index in [2.05, 4.69) is 34.1 Å². The summed E-state index contributed by atoms with van der Waals surface area (Å²) in [6.07, 6.45) is 1.66. The van der Waals surface area contributed by atoms with E-state index in [1.54, 1.807) is 6.08 Å². The Morgan fingerprint density at radius 2 is 1.53 bits per heavy atom. The Bertz CT molecular complexity index is 1520. The molecule has 1 aromatic heterocycles. The summed E-state index contributed by atoms with van der Waals surface area (Å²) in [7, 11) is 0. The summed E-state index contributed by atoms with van der Waals surface area (Å²) < 4.78 is 2.16. The first-order valence-corrected chi connectivity index (χ1v) is 11.4. The predicted octanol–water partition coefficient (Wildman–Crippen LogP) is 5.39. The highest BCUT2D eigenvalue weighted by Gasteiger charge is 2.35. The lowest BCUT2D eigenvalue weighted by molar-refractivity contribution is -0.122. The molecule has 5 rings (SSSR count). The van der Waals surface area contributed by atoms with Gasteiger partial charge in [-0.05, 0) is 73.8 Å². The summed E-state index contributed by atoms with van der Waals surface area (Å²) in [5.41, 5.74) is 5.41. The molecule has 1 aliphatic rings. The van der Waals surface area contributed by atoms with E-state index in [0.29, 0.717) is 5.69 Å². The maximum absolute atomic E-state index is 13.5. The van der Waals surface area contributed by atoms with Gasteiger partial charge >= 0.3 is 0 Å². The van der Waals surface area contributed by atoms with E-state index < -0.39 is 11.8 Å². The van der Waals surface area contributed by atoms with Crippen molar-refractivity contribution in [1.29, 1.82) is 0 Å². The normalized spacial score (nSPS) is 15.3. The fraction of sp³-hybridized carbons (Fsp3) is 0.107. The molecule has 1 saturated heterocycles. The van der Waals surface area contributed by atoms with Crippen molar-refractivity contribution >= 4 is 51.7 Å². The Kier molecular flexibility index (Phi) is 5.38. The van der Waals surface area contributed by atoms with Gasteiger partial charge < -0.3 is 4.57 Å². The monoisotopic (exact) mass is 465 g/mol. The second kappa shape index (κ2) is 8.39. The van der Waals surface area contributed by atoms with Crippen LogP contribution in [0.3, 0.4) is 0 Å². The van der Waals surface area contributed by atoms with E-state index in [4.69, 9.17) is 12.2 Å². The van der Waals surface area contributed by atoms with E-state index in [1.807, 2.05) is 69.3 Å². The summed E-state index contributed by atoms with van der Waals surface area (Å²) in [5.74, 6) is -0.923. The van der Waals surface area contributed by atoms with Crippen molar-refractivity contribution in [3.8, 4) is 5.69 Å². The molecular formula is C28H23N3O2S. The number of hydrogen-bond acceptors (Lipinski definition) is 3. The van der Waals surface area contributed by atoms with Crippen LogP contribution in [0.15, 0.2) is 78.4 Å². The first-order valence-electron chi connectivity index (χ1n) is 11.0. The summed E-state index contributed by atoms with van der Waals surface area (Å²) in [6.45, 7) is 5.92. The number of carbonyl (C=O) groups excluding carboxylic acids is 2. The van der Waals surface area contributed by atoms with Gasteiger partial charge in [-0.3, -0.25) is 19.8 Å². The highest BCUT2D eigenvalue weighted by molar-refractivity contribution is 7.80. The lowest BCUT2D eigenvalue weighted by Gasteiger charge is -2.30. The molecule has 4 aromatic rings. The summed E-state index contributed by atoms with van der Waals surface area (Å²) in [5, 5.41) is 5.04. The minimum Gasteiger partial charge on any atom is -0.317 e. The third-order valence-corrected chi connectivity index (χ3v) is 6.52. The van der Waals surface area contributed by atoms with E-state index in [1.165, 1.54) is 4.90 Å². The van der Waals surface area contributed by atoms with Crippen molar-refractivity contribution in [1.82, 2.24) is 9.88 Å². The molecular weight excluding hydrogens is 442 g/mol. The Morgan fingerprint density at radius 3 is 2.32 bits per heavy atom. The zero-order valence-corrected chi connectivity index (χ0v) is 19.9. The molecule has 1 fully saturated rings. The Morgan fingerprint density at radius 1 is 0.853 bits per heavy atom. The number of fused-ring (bicyclic) bond motifs is 1. The molecule has 6 heteroatoms. The number of rotatable bonds is 3. The third kappa shape index (κ3) is 3.53. The zero-order valence-electron chi connectivity index (χ0n) is 19.1. The molecule has 0 aliphatic carbocycles. The summed E-state index contributed by atoms with van der Waals surface area (Å²) >= 11 is 5.34. The molecule has 1 aliphatic heterocycles. The van der Waals surface area contributed by atoms with Gasteiger partial charge in [0.2, 0.25) is 0 Å². The van der Waals surface area contributed by atoms with Crippen LogP contribution < -0.4 is 10.2 Å². The molecule has 0 radical (unpaired) electrons. The van der Waals surface area contributed by atoms with E-state index in [9.17, 15) is 9.59 Å². The summed E-state index contributed by atoms with van der Waals surface area (Å²) in [6, 6.07) is 23.9. The molecule has 0 spiro atoms. The van der Waals surface area contributed by atoms with Crippen LogP contribution in [0.5, 0.6) is 0 Å². The number of nitrogens with one attached hydrogen (secondary N) is 1. The van der Waals surface area contributed by atoms with Gasteiger partial charge in [-0.1, -0.05) is 54.6 Å². The fourth-order valence-corrected chi connectivity index (χ4v) is 4.83. The van der Waals surface area contributed by atoms with Gasteiger partial charge in [0.25, 0.3) is 11.8 Å². The van der Waals surface area contributed by atoms with Gasteiger partial charge in [0.15, 0.2) is 5.11 Å². The van der Waals surface area contributed by atoms with Crippen LogP contribution >= 0.6 is 12.2 Å². The van der Waals surface area contributed by atoms with Crippen LogP contribution in [0.1, 0.15) is 22.5 Å². The lowest BCUT2D eigenvalue weighted by Crippen LogP contribution is -2.54. The Balaban J connectivity index is 1.61. The average molecular weight is 466 g/mol. The van der Waals surface area contributed by atoms with Crippen LogP contribution in [0.2, 0.25) is 0 Å². The standard InChI is InChI=1S/C28H23N3O2S/c1-17-9-4-7-13-24(17)31-27(33)23(26(32)29-28(31)34)16-21-15-18(2)30(19(21)3)25-14-8-11-20-10-5-6-12-22(20)25/h4-16H,1-3H3,(H,29,32,34)/b23-16+. The number of para-hydroxylation sites is 1. The number of carbonyl (C=O) groups is 2. The molecule has 0 unspecified atom stereocenters. The average Bonchev–Trinajstić information content (AvgIpc) is 3.10. The molecule has 0 atom stereocenters. The van der Waals surface area contributed by atoms with Crippen molar-refractivity contribution in [2.75, 3.05) is 4.90 Å². The number of nitrogens with zero attached hydrogens (tertiary/aromatic N) is 2. The van der Waals surface area contributed by atoms with Crippen LogP contribution in [0.25, 0.3) is 22.5 Å². The minimum absolute atomic E-state index is 0.0509. The second-order valence-corrected chi connectivity index (χ2v) is 8.79. The van der Waals surface area contributed by atoms with Gasteiger partial charge in [-0.25, -0.2) is 0 Å². The Hall–Kier alpha value is -4.03. The van der Waals surface area contributed by atoms with Crippen molar-refractivity contribution in [2.45, 2.75) is 20.8 Å². The fourth-order valence-electron chi connectivity index (χ4n) is 4.55. The number of hydrogen-bond donors (Lipinski definition) is 1. The van der Waals surface area contributed by atoms with Crippen LogP contribution in [0.4, 0.5) is 5.69 Å². The van der Waals surface area contributed by atoms with Crippen molar-refractivity contribution in [3.63, 3.8) is 0 Å². The predicted molar refractivity (Wildman–Crippen MR) is 140 cm³/mol. The van der Waals surface area contributed by atoms with E-state index in [-0.39, 0.29) is 10.7 Å². The summed E-state index contributed by atoms with van der Waals surface area (Å²) in [4.78, 5) is 27.7. The van der Waals surface area contributed by atoms with Crippen molar-refractivity contribution < 1.29 is 9.59 Å². The number of benzene rings is 3. The van der Waals surface area contributed by atoms with Crippen molar-refractivity contribution in [2.24, 2.45) is 0 Å². The van der Waals surface area contributed by atoms with Gasteiger partial charge in [-0.2, -0.15) is 0 Å². The van der Waals surface area contributed by atoms with Crippen molar-refractivity contribution in [3.05, 3.63) is 101 Å². The zero-order chi connectivity index (χ0) is 24.0. The van der Waals surface area contributed by atoms with Gasteiger partial charge in [0.05, 0.1) is 11.4 Å². The maximum atomic E-state index is 13.5. The molecule has 2 heterocycles. The molecule has 34 heavy (non-hydrogen) atoms. The number of aromatic nitrogens is 1. The van der Waals surface area contributed by atoms with Crippen LogP contribution in [-0.4, -0.2) is 21.5 Å². The first-order chi connectivity index (χ1) is 16.4. The largest absolute Gasteiger partial charge is 0.317 e. The molecule has 168 valence electrons. The molecule has 0 bridgehead atoms. The van der Waals surface area contributed by atoms with Crippen LogP contribution in [0, 0.1) is 20.8 Å². The highest BCUT2D eigenvalue weighted by atomic mass is 32.1. The number of amides is 2. The van der Waals surface area contributed by atoms with E-state index >= 15 is 0 Å². The number of thiocarbonyl (C=S) groups is 1. The number of anilines is 1. The van der Waals surface area contributed by atoms with Crippen LogP contribution in [-0.2, 0) is 9.59 Å². The molecule has 2 amide bonds. The highest BCUT2D eigenvalue weighted by Crippen LogP contribution is 2.30. The molecule has 1 N–H and O–H groups in total. The van der Waals surface area contributed by atoms with Gasteiger partial charge in [-0.15, -0.1) is 0 Å². The lowest BCUT2D eigenvalue weighted by atomic mass is 10.1. The second-order valence-electron chi connectivity index (χ2n) is 8.40. The molecule has 3 aromatic carbocycles. The SMILES string of the molecule is Cc1ccccc1N1C(=O)/C(=C/c2cc(C)n(-c3cccc4ccccc34)c2C)C(=O)NC1=S. The first kappa shape index (κ1) is 21.8. The van der Waals surface area contributed by atoms with Gasteiger partial charge in [0.1, 0.15) is 5.57 Å². The molecule has 5 nitrogen and oxygen atoms in total. The topological polar surface area (TPSA) is 54.3 Å². The Labute approximate surface area is 203 Å².